The number of ether oxygens (including phenoxy) is 3. The molecular weight excluding hydrogens is 378 g/mol. The molecule has 0 saturated heterocycles. The van der Waals surface area contributed by atoms with E-state index in [4.69, 9.17) is 18.3 Å². The summed E-state index contributed by atoms with van der Waals surface area (Å²) >= 11 is 0. The van der Waals surface area contributed by atoms with Crippen LogP contribution in [0.1, 0.15) is 11.5 Å². The van der Waals surface area contributed by atoms with Gasteiger partial charge < -0.3 is 23.0 Å². The maximum absolute atomic E-state index is 12.6. The topological polar surface area (TPSA) is 96.8 Å². The van der Waals surface area contributed by atoms with Crippen LogP contribution in [0.25, 0.3) is 17.7 Å². The van der Waals surface area contributed by atoms with Gasteiger partial charge in [-0.1, -0.05) is 12.1 Å². The zero-order valence-electron chi connectivity index (χ0n) is 14.5. The van der Waals surface area contributed by atoms with Crippen molar-refractivity contribution < 1.29 is 36.6 Å². The molecule has 1 aromatic carbocycles. The van der Waals surface area contributed by atoms with E-state index in [2.05, 4.69) is 14.9 Å². The number of hydrogen-bond donors (Lipinski definition) is 0. The number of aromatic nitrogens is 2. The molecule has 0 unspecified atom stereocenters. The Labute approximate surface area is 157 Å². The highest BCUT2D eigenvalue weighted by molar-refractivity contribution is 5.87. The summed E-state index contributed by atoms with van der Waals surface area (Å²) < 4.78 is 50.1. The molecule has 0 aliphatic rings. The van der Waals surface area contributed by atoms with Crippen molar-refractivity contribution >= 4 is 12.0 Å². The molecule has 0 radical (unpaired) electrons. The van der Waals surface area contributed by atoms with Gasteiger partial charge in [0, 0.05) is 11.6 Å². The first kappa shape index (κ1) is 19.1. The maximum atomic E-state index is 12.6. The Balaban J connectivity index is 1.63. The number of furan rings is 1. The standard InChI is InChI=1S/C18H14F2N2O6/c1-24-12-5-2-4-11(16(12)28-18(19)20)7-8-15(23)26-10-14-21-22-17(27-14)13-6-3-9-25-13/h2-9,18H,10H2,1H3/b8-7+. The van der Waals surface area contributed by atoms with Gasteiger partial charge in [-0.25, -0.2) is 4.79 Å². The van der Waals surface area contributed by atoms with Gasteiger partial charge in [0.2, 0.25) is 0 Å². The van der Waals surface area contributed by atoms with E-state index in [1.54, 1.807) is 18.2 Å². The van der Waals surface area contributed by atoms with Gasteiger partial charge in [0.15, 0.2) is 23.9 Å². The average Bonchev–Trinajstić information content (AvgIpc) is 3.36. The lowest BCUT2D eigenvalue weighted by Crippen LogP contribution is -2.05. The van der Waals surface area contributed by atoms with Crippen LogP contribution in [0, 0.1) is 0 Å². The van der Waals surface area contributed by atoms with Gasteiger partial charge in [-0.15, -0.1) is 10.2 Å². The van der Waals surface area contributed by atoms with Crippen LogP contribution in [-0.4, -0.2) is 29.9 Å². The zero-order chi connectivity index (χ0) is 19.9. The summed E-state index contributed by atoms with van der Waals surface area (Å²) in [6.45, 7) is -3.31. The maximum Gasteiger partial charge on any atom is 0.387 e. The summed E-state index contributed by atoms with van der Waals surface area (Å²) in [6.07, 6.45) is 3.77. The number of para-hydroxylation sites is 1. The number of nitrogens with zero attached hydrogens (tertiary/aromatic N) is 2. The first-order valence-corrected chi connectivity index (χ1v) is 7.89. The normalized spacial score (nSPS) is 11.1. The van der Waals surface area contributed by atoms with Gasteiger partial charge in [-0.05, 0) is 24.3 Å². The van der Waals surface area contributed by atoms with E-state index in [9.17, 15) is 13.6 Å². The van der Waals surface area contributed by atoms with Crippen molar-refractivity contribution in [2.75, 3.05) is 7.11 Å². The van der Waals surface area contributed by atoms with E-state index < -0.39 is 12.6 Å². The molecule has 0 amide bonds. The smallest absolute Gasteiger partial charge is 0.387 e. The third-order valence-corrected chi connectivity index (χ3v) is 3.37. The molecule has 8 nitrogen and oxygen atoms in total. The SMILES string of the molecule is COc1cccc(/C=C/C(=O)OCc2nnc(-c3ccco3)o2)c1OC(F)F. The van der Waals surface area contributed by atoms with Gasteiger partial charge in [-0.2, -0.15) is 8.78 Å². The molecule has 28 heavy (non-hydrogen) atoms. The predicted molar refractivity (Wildman–Crippen MR) is 90.5 cm³/mol. The minimum absolute atomic E-state index is 0.0660. The molecule has 2 heterocycles. The summed E-state index contributed by atoms with van der Waals surface area (Å²) in [5.41, 5.74) is 0.217. The van der Waals surface area contributed by atoms with Crippen LogP contribution in [0.2, 0.25) is 0 Å². The minimum Gasteiger partial charge on any atom is -0.493 e. The third kappa shape index (κ3) is 4.72. The van der Waals surface area contributed by atoms with Crippen molar-refractivity contribution in [1.29, 1.82) is 0 Å². The molecule has 0 N–H and O–H groups in total. The number of rotatable bonds is 8. The summed E-state index contributed by atoms with van der Waals surface area (Å²) in [7, 11) is 1.32. The number of methoxy groups -OCH3 is 1. The fourth-order valence-corrected chi connectivity index (χ4v) is 2.19. The van der Waals surface area contributed by atoms with Crippen molar-refractivity contribution in [3.05, 3.63) is 54.1 Å². The van der Waals surface area contributed by atoms with Gasteiger partial charge in [0.05, 0.1) is 13.4 Å². The molecule has 0 bridgehead atoms. The summed E-state index contributed by atoms with van der Waals surface area (Å²) in [6, 6.07) is 7.81. The number of alkyl halides is 2. The molecule has 10 heteroatoms. The quantitative estimate of drug-likeness (QED) is 0.423. The second-order valence-electron chi connectivity index (χ2n) is 5.18. The van der Waals surface area contributed by atoms with Crippen molar-refractivity contribution in [3.8, 4) is 23.1 Å². The fourth-order valence-electron chi connectivity index (χ4n) is 2.19. The largest absolute Gasteiger partial charge is 0.493 e. The van der Waals surface area contributed by atoms with E-state index in [1.807, 2.05) is 0 Å². The first-order chi connectivity index (χ1) is 13.6. The number of halogens is 2. The lowest BCUT2D eigenvalue weighted by Gasteiger charge is -2.12. The van der Waals surface area contributed by atoms with E-state index in [0.717, 1.165) is 6.08 Å². The van der Waals surface area contributed by atoms with E-state index in [0.29, 0.717) is 5.76 Å². The van der Waals surface area contributed by atoms with Crippen LogP contribution in [-0.2, 0) is 16.1 Å². The van der Waals surface area contributed by atoms with Crippen molar-refractivity contribution in [1.82, 2.24) is 10.2 Å². The highest BCUT2D eigenvalue weighted by Crippen LogP contribution is 2.33. The van der Waals surface area contributed by atoms with E-state index in [1.165, 1.54) is 31.6 Å². The highest BCUT2D eigenvalue weighted by atomic mass is 19.3. The number of benzene rings is 1. The number of esters is 1. The Bertz CT molecular complexity index is 953. The Morgan fingerprint density at radius 1 is 1.25 bits per heavy atom. The monoisotopic (exact) mass is 392 g/mol. The molecule has 0 fully saturated rings. The Morgan fingerprint density at radius 2 is 2.11 bits per heavy atom. The summed E-state index contributed by atoms with van der Waals surface area (Å²) in [5.74, 6) is -0.234. The number of carbonyl (C=O) groups excluding carboxylic acids is 1. The Hall–Kier alpha value is -3.69. The second kappa shape index (κ2) is 8.80. The molecule has 2 aromatic heterocycles. The molecule has 0 spiro atoms. The molecule has 0 aliphatic heterocycles. The second-order valence-corrected chi connectivity index (χ2v) is 5.18. The van der Waals surface area contributed by atoms with Crippen LogP contribution in [0.4, 0.5) is 8.78 Å². The number of carbonyl (C=O) groups is 1. The van der Waals surface area contributed by atoms with E-state index >= 15 is 0 Å². The van der Waals surface area contributed by atoms with Crippen molar-refractivity contribution in [2.45, 2.75) is 13.2 Å². The predicted octanol–water partition coefficient (Wildman–Crippen LogP) is 3.70. The molecule has 146 valence electrons. The van der Waals surface area contributed by atoms with Crippen LogP contribution in [0.15, 0.2) is 51.5 Å². The van der Waals surface area contributed by atoms with Crippen molar-refractivity contribution in [3.63, 3.8) is 0 Å². The van der Waals surface area contributed by atoms with E-state index in [-0.39, 0.29) is 35.5 Å². The van der Waals surface area contributed by atoms with Gasteiger partial charge in [-0.3, -0.25) is 0 Å². The minimum atomic E-state index is -3.05. The third-order valence-electron chi connectivity index (χ3n) is 3.37. The number of hydrogen-bond acceptors (Lipinski definition) is 8. The molecule has 0 atom stereocenters. The fraction of sp³-hybridized carbons (Fsp3) is 0.167. The van der Waals surface area contributed by atoms with Crippen LogP contribution >= 0.6 is 0 Å². The zero-order valence-corrected chi connectivity index (χ0v) is 14.5. The molecule has 0 saturated carbocycles. The van der Waals surface area contributed by atoms with Crippen molar-refractivity contribution in [2.24, 2.45) is 0 Å². The Kier molecular flexibility index (Phi) is 6.00. The molecule has 3 rings (SSSR count). The van der Waals surface area contributed by atoms with Gasteiger partial charge in [0.25, 0.3) is 11.8 Å². The summed E-state index contributed by atoms with van der Waals surface area (Å²) in [5, 5.41) is 7.50. The molecule has 3 aromatic rings. The summed E-state index contributed by atoms with van der Waals surface area (Å²) in [4.78, 5) is 11.9. The van der Waals surface area contributed by atoms with Gasteiger partial charge >= 0.3 is 12.6 Å². The van der Waals surface area contributed by atoms with Crippen LogP contribution in [0.5, 0.6) is 11.5 Å². The van der Waals surface area contributed by atoms with Crippen LogP contribution < -0.4 is 9.47 Å². The van der Waals surface area contributed by atoms with Crippen LogP contribution in [0.3, 0.4) is 0 Å². The molecule has 0 aliphatic carbocycles. The lowest BCUT2D eigenvalue weighted by molar-refractivity contribution is -0.139. The van der Waals surface area contributed by atoms with Gasteiger partial charge in [0.1, 0.15) is 0 Å². The average molecular weight is 392 g/mol. The molecular formula is C18H14F2N2O6. The lowest BCUT2D eigenvalue weighted by atomic mass is 10.1. The Morgan fingerprint density at radius 3 is 2.82 bits per heavy atom. The first-order valence-electron chi connectivity index (χ1n) is 7.89. The highest BCUT2D eigenvalue weighted by Gasteiger charge is 2.15.